The average Bonchev–Trinajstić information content (AvgIpc) is 3.23. The van der Waals surface area contributed by atoms with Crippen LogP contribution in [0.25, 0.3) is 0 Å². The van der Waals surface area contributed by atoms with Crippen LogP contribution in [0.15, 0.2) is 90.0 Å². The highest BCUT2D eigenvalue weighted by Crippen LogP contribution is 2.28. The summed E-state index contributed by atoms with van der Waals surface area (Å²) in [6, 6.07) is 24.7. The first-order chi connectivity index (χ1) is 15.1. The molecule has 0 bridgehead atoms. The molecule has 0 fully saturated rings. The third-order valence-corrected chi connectivity index (χ3v) is 4.84. The van der Waals surface area contributed by atoms with Gasteiger partial charge in [-0.1, -0.05) is 48.5 Å². The second kappa shape index (κ2) is 9.08. The van der Waals surface area contributed by atoms with E-state index in [9.17, 15) is 14.9 Å². The number of hydrogen-bond donors (Lipinski definition) is 1. The maximum atomic E-state index is 12.2. The van der Waals surface area contributed by atoms with Gasteiger partial charge in [-0.2, -0.15) is 5.10 Å². The number of rotatable bonds is 6. The Bertz CT molecular complexity index is 1100. The fraction of sp³-hybridized carbons (Fsp3) is 0.130. The zero-order valence-electron chi connectivity index (χ0n) is 16.5. The minimum Gasteiger partial charge on any atom is -0.447 e. The molecule has 4 rings (SSSR count). The maximum absolute atomic E-state index is 12.2. The summed E-state index contributed by atoms with van der Waals surface area (Å²) < 4.78 is 5.45. The predicted molar refractivity (Wildman–Crippen MR) is 118 cm³/mol. The van der Waals surface area contributed by atoms with E-state index in [4.69, 9.17) is 4.74 Å². The van der Waals surface area contributed by atoms with Gasteiger partial charge >= 0.3 is 6.09 Å². The maximum Gasteiger partial charge on any atom is 0.411 e. The summed E-state index contributed by atoms with van der Waals surface area (Å²) in [5.41, 5.74) is 2.87. The van der Waals surface area contributed by atoms with Gasteiger partial charge in [0.05, 0.1) is 22.4 Å². The number of carbonyl (C=O) groups excluding carboxylic acids is 1. The van der Waals surface area contributed by atoms with Crippen LogP contribution < -0.4 is 10.3 Å². The SMILES string of the molecule is O=C(Nc1ccccc1)OCC1CC(c2cccc([N+](=O)[O-])c2)=NN1c1ccccc1. The first kappa shape index (κ1) is 20.1. The average molecular weight is 416 g/mol. The quantitative estimate of drug-likeness (QED) is 0.459. The van der Waals surface area contributed by atoms with E-state index in [1.54, 1.807) is 29.3 Å². The van der Waals surface area contributed by atoms with E-state index < -0.39 is 11.0 Å². The summed E-state index contributed by atoms with van der Waals surface area (Å²) in [6.45, 7) is 0.107. The Labute approximate surface area is 178 Å². The Morgan fingerprint density at radius 1 is 1.06 bits per heavy atom. The van der Waals surface area contributed by atoms with E-state index in [0.717, 1.165) is 5.69 Å². The Morgan fingerprint density at radius 3 is 2.48 bits per heavy atom. The second-order valence-electron chi connectivity index (χ2n) is 6.98. The van der Waals surface area contributed by atoms with E-state index in [0.29, 0.717) is 23.4 Å². The van der Waals surface area contributed by atoms with Crippen molar-refractivity contribution in [3.63, 3.8) is 0 Å². The van der Waals surface area contributed by atoms with Crippen molar-refractivity contribution in [2.75, 3.05) is 16.9 Å². The van der Waals surface area contributed by atoms with Crippen LogP contribution in [0.4, 0.5) is 21.9 Å². The number of nitrogens with one attached hydrogen (secondary N) is 1. The van der Waals surface area contributed by atoms with Gasteiger partial charge in [-0.15, -0.1) is 0 Å². The Balaban J connectivity index is 1.51. The zero-order valence-corrected chi connectivity index (χ0v) is 16.5. The number of carbonyl (C=O) groups is 1. The highest BCUT2D eigenvalue weighted by atomic mass is 16.6. The molecule has 31 heavy (non-hydrogen) atoms. The summed E-state index contributed by atoms with van der Waals surface area (Å²) in [5, 5.41) is 20.3. The molecule has 1 aliphatic heterocycles. The topological polar surface area (TPSA) is 97.1 Å². The molecular weight excluding hydrogens is 396 g/mol. The lowest BCUT2D eigenvalue weighted by atomic mass is 10.0. The lowest BCUT2D eigenvalue weighted by molar-refractivity contribution is -0.384. The van der Waals surface area contributed by atoms with Crippen molar-refractivity contribution < 1.29 is 14.5 Å². The van der Waals surface area contributed by atoms with Crippen LogP contribution in [0.1, 0.15) is 12.0 Å². The van der Waals surface area contributed by atoms with Crippen molar-refractivity contribution in [1.29, 1.82) is 0 Å². The van der Waals surface area contributed by atoms with Crippen LogP contribution in [-0.2, 0) is 4.74 Å². The first-order valence-electron chi connectivity index (χ1n) is 9.75. The minimum absolute atomic E-state index is 0.00778. The third-order valence-electron chi connectivity index (χ3n) is 4.84. The van der Waals surface area contributed by atoms with Crippen LogP contribution in [-0.4, -0.2) is 29.4 Å². The number of non-ortho nitro benzene ring substituents is 1. The van der Waals surface area contributed by atoms with E-state index in [1.807, 2.05) is 48.5 Å². The van der Waals surface area contributed by atoms with Gasteiger partial charge in [-0.05, 0) is 24.3 Å². The first-order valence-corrected chi connectivity index (χ1v) is 9.75. The van der Waals surface area contributed by atoms with E-state index >= 15 is 0 Å². The van der Waals surface area contributed by atoms with Crippen molar-refractivity contribution in [2.24, 2.45) is 5.10 Å². The molecule has 3 aromatic carbocycles. The van der Waals surface area contributed by atoms with Gasteiger partial charge in [-0.3, -0.25) is 20.4 Å². The number of hydrazone groups is 1. The number of para-hydroxylation sites is 2. The molecule has 0 aliphatic carbocycles. The van der Waals surface area contributed by atoms with Crippen LogP contribution in [0.5, 0.6) is 0 Å². The fourth-order valence-corrected chi connectivity index (χ4v) is 3.36. The van der Waals surface area contributed by atoms with Crippen molar-refractivity contribution in [1.82, 2.24) is 0 Å². The number of hydrogen-bond acceptors (Lipinski definition) is 6. The van der Waals surface area contributed by atoms with E-state index in [1.165, 1.54) is 12.1 Å². The number of nitrogens with zero attached hydrogens (tertiary/aromatic N) is 3. The van der Waals surface area contributed by atoms with Crippen LogP contribution in [0.2, 0.25) is 0 Å². The number of anilines is 2. The molecule has 8 heteroatoms. The van der Waals surface area contributed by atoms with Crippen molar-refractivity contribution in [3.8, 4) is 0 Å². The van der Waals surface area contributed by atoms with Gasteiger partial charge in [0, 0.05) is 29.8 Å². The Kier molecular flexibility index (Phi) is 5.89. The molecule has 1 atom stereocenters. The molecule has 0 aromatic heterocycles. The molecular formula is C23H20N4O4. The van der Waals surface area contributed by atoms with Crippen molar-refractivity contribution >= 4 is 28.9 Å². The molecule has 1 unspecified atom stereocenters. The Hall–Kier alpha value is -4.20. The summed E-state index contributed by atoms with van der Waals surface area (Å²) in [5.74, 6) is 0. The number of nitro benzene ring substituents is 1. The molecule has 156 valence electrons. The molecule has 8 nitrogen and oxygen atoms in total. The molecule has 0 spiro atoms. The summed E-state index contributed by atoms with van der Waals surface area (Å²) in [7, 11) is 0. The van der Waals surface area contributed by atoms with Gasteiger partial charge < -0.3 is 4.74 Å². The van der Waals surface area contributed by atoms with Crippen LogP contribution >= 0.6 is 0 Å². The van der Waals surface area contributed by atoms with Gasteiger partial charge in [-0.25, -0.2) is 4.79 Å². The highest BCUT2D eigenvalue weighted by molar-refractivity contribution is 6.03. The van der Waals surface area contributed by atoms with Gasteiger partial charge in [0.2, 0.25) is 0 Å². The summed E-state index contributed by atoms with van der Waals surface area (Å²) in [4.78, 5) is 22.9. The Morgan fingerprint density at radius 2 is 1.77 bits per heavy atom. The molecule has 1 heterocycles. The normalized spacial score (nSPS) is 15.3. The lowest BCUT2D eigenvalue weighted by Gasteiger charge is -2.23. The van der Waals surface area contributed by atoms with Gasteiger partial charge in [0.25, 0.3) is 5.69 Å². The summed E-state index contributed by atoms with van der Waals surface area (Å²) >= 11 is 0. The molecule has 1 N–H and O–H groups in total. The van der Waals surface area contributed by atoms with Crippen LogP contribution in [0.3, 0.4) is 0 Å². The fourth-order valence-electron chi connectivity index (χ4n) is 3.36. The summed E-state index contributed by atoms with van der Waals surface area (Å²) in [6.07, 6.45) is -0.0719. The largest absolute Gasteiger partial charge is 0.447 e. The monoisotopic (exact) mass is 416 g/mol. The van der Waals surface area contributed by atoms with Crippen LogP contribution in [0, 0.1) is 10.1 Å². The number of ether oxygens (including phenoxy) is 1. The molecule has 1 aliphatic rings. The zero-order chi connectivity index (χ0) is 21.6. The van der Waals surface area contributed by atoms with Crippen molar-refractivity contribution in [2.45, 2.75) is 12.5 Å². The van der Waals surface area contributed by atoms with Gasteiger partial charge in [0.1, 0.15) is 6.61 Å². The molecule has 1 amide bonds. The smallest absolute Gasteiger partial charge is 0.411 e. The lowest BCUT2D eigenvalue weighted by Crippen LogP contribution is -2.33. The number of nitro groups is 1. The second-order valence-corrected chi connectivity index (χ2v) is 6.98. The molecule has 3 aromatic rings. The number of benzene rings is 3. The van der Waals surface area contributed by atoms with Gasteiger partial charge in [0.15, 0.2) is 0 Å². The predicted octanol–water partition coefficient (Wildman–Crippen LogP) is 4.83. The highest BCUT2D eigenvalue weighted by Gasteiger charge is 2.30. The minimum atomic E-state index is -0.553. The van der Waals surface area contributed by atoms with E-state index in [-0.39, 0.29) is 18.3 Å². The van der Waals surface area contributed by atoms with Crippen molar-refractivity contribution in [3.05, 3.63) is 101 Å². The standard InChI is InChI=1S/C23H20N4O4/c28-23(24-18-9-3-1-4-10-18)31-16-21-15-22(17-8-7-13-20(14-17)27(29)30)25-26(21)19-11-5-2-6-12-19/h1-14,21H,15-16H2,(H,24,28). The molecule has 0 radical (unpaired) electrons. The number of amides is 1. The van der Waals surface area contributed by atoms with E-state index in [2.05, 4.69) is 10.4 Å². The third kappa shape index (κ3) is 4.87. The molecule has 0 saturated carbocycles. The molecule has 0 saturated heterocycles.